The molecule has 1 aliphatic rings. The Balaban J connectivity index is 1.11. The van der Waals surface area contributed by atoms with Crippen LogP contribution < -0.4 is 4.74 Å². The minimum atomic E-state index is -0.315. The van der Waals surface area contributed by atoms with E-state index in [9.17, 15) is 4.79 Å². The summed E-state index contributed by atoms with van der Waals surface area (Å²) in [5.41, 5.74) is 3.33. The van der Waals surface area contributed by atoms with Crippen LogP contribution in [0.25, 0.3) is 26.8 Å². The number of hydrogen-bond donors (Lipinski definition) is 0. The lowest BCUT2D eigenvalue weighted by molar-refractivity contribution is 0.0526. The standard InChI is InChI=1S/C28H32N4O3S2/c1-2-34-27(33)23-8-6-21(7-9-23)25-20-32-28(29-25)37-26(30-32)22-10-12-24(13-11-22)35-17-5-3-4-14-31-15-18-36-19-16-31/h6-13,20H,2-5,14-19H2,1H3. The van der Waals surface area contributed by atoms with E-state index in [1.165, 1.54) is 44.0 Å². The topological polar surface area (TPSA) is 69.0 Å². The van der Waals surface area contributed by atoms with Crippen LogP contribution in [0, 0.1) is 0 Å². The highest BCUT2D eigenvalue weighted by Gasteiger charge is 2.13. The first-order valence-electron chi connectivity index (χ1n) is 12.9. The van der Waals surface area contributed by atoms with Crippen molar-refractivity contribution in [3.8, 4) is 27.6 Å². The zero-order valence-electron chi connectivity index (χ0n) is 21.1. The molecule has 1 aliphatic heterocycles. The Hall–Kier alpha value is -2.88. The van der Waals surface area contributed by atoms with Crippen molar-refractivity contribution in [1.82, 2.24) is 19.5 Å². The second-order valence-corrected chi connectivity index (χ2v) is 11.1. The van der Waals surface area contributed by atoms with E-state index in [4.69, 9.17) is 19.6 Å². The van der Waals surface area contributed by atoms with E-state index in [-0.39, 0.29) is 5.97 Å². The summed E-state index contributed by atoms with van der Waals surface area (Å²) < 4.78 is 12.8. The highest BCUT2D eigenvalue weighted by molar-refractivity contribution is 7.99. The van der Waals surface area contributed by atoms with Crippen LogP contribution in [0.15, 0.2) is 54.7 Å². The van der Waals surface area contributed by atoms with Gasteiger partial charge in [0.25, 0.3) is 0 Å². The van der Waals surface area contributed by atoms with Crippen LogP contribution in [0.1, 0.15) is 36.5 Å². The summed E-state index contributed by atoms with van der Waals surface area (Å²) in [6, 6.07) is 15.4. The Bertz CT molecular complexity index is 1260. The molecule has 0 atom stereocenters. The van der Waals surface area contributed by atoms with Gasteiger partial charge in [-0.15, -0.1) is 0 Å². The second kappa shape index (κ2) is 12.6. The van der Waals surface area contributed by atoms with Crippen molar-refractivity contribution in [3.63, 3.8) is 0 Å². The Kier molecular flexibility index (Phi) is 8.76. The molecular formula is C28H32N4O3S2. The minimum Gasteiger partial charge on any atom is -0.494 e. The van der Waals surface area contributed by atoms with Crippen LogP contribution >= 0.6 is 23.1 Å². The number of ether oxygens (including phenoxy) is 2. The zero-order valence-corrected chi connectivity index (χ0v) is 22.7. The van der Waals surface area contributed by atoms with E-state index < -0.39 is 0 Å². The smallest absolute Gasteiger partial charge is 0.338 e. The summed E-state index contributed by atoms with van der Waals surface area (Å²) in [7, 11) is 0. The van der Waals surface area contributed by atoms with Gasteiger partial charge >= 0.3 is 5.97 Å². The van der Waals surface area contributed by atoms with Crippen molar-refractivity contribution < 1.29 is 14.3 Å². The molecule has 0 unspecified atom stereocenters. The van der Waals surface area contributed by atoms with Gasteiger partial charge in [0, 0.05) is 35.7 Å². The molecule has 0 spiro atoms. The largest absolute Gasteiger partial charge is 0.494 e. The lowest BCUT2D eigenvalue weighted by Gasteiger charge is -2.25. The van der Waals surface area contributed by atoms with Crippen LogP contribution in [0.5, 0.6) is 5.75 Å². The number of fused-ring (bicyclic) bond motifs is 1. The van der Waals surface area contributed by atoms with E-state index in [2.05, 4.69) is 28.8 Å². The molecule has 0 radical (unpaired) electrons. The maximum atomic E-state index is 11.9. The lowest BCUT2D eigenvalue weighted by atomic mass is 10.1. The first kappa shape index (κ1) is 25.8. The zero-order chi connectivity index (χ0) is 25.5. The molecule has 2 aromatic heterocycles. The quantitative estimate of drug-likeness (QED) is 0.175. The highest BCUT2D eigenvalue weighted by atomic mass is 32.2. The van der Waals surface area contributed by atoms with Crippen molar-refractivity contribution in [2.45, 2.75) is 26.2 Å². The van der Waals surface area contributed by atoms with Gasteiger partial charge in [-0.05, 0) is 69.1 Å². The van der Waals surface area contributed by atoms with Crippen LogP contribution in [-0.2, 0) is 4.74 Å². The van der Waals surface area contributed by atoms with Gasteiger partial charge < -0.3 is 14.4 Å². The molecule has 9 heteroatoms. The third-order valence-electron chi connectivity index (χ3n) is 6.33. The van der Waals surface area contributed by atoms with Crippen molar-refractivity contribution in [2.75, 3.05) is 44.4 Å². The number of imidazole rings is 1. The molecule has 1 saturated heterocycles. The van der Waals surface area contributed by atoms with Gasteiger partial charge in [0.05, 0.1) is 30.7 Å². The summed E-state index contributed by atoms with van der Waals surface area (Å²) in [4.78, 5) is 20.0. The van der Waals surface area contributed by atoms with Crippen LogP contribution in [0.3, 0.4) is 0 Å². The third-order valence-corrected chi connectivity index (χ3v) is 8.24. The van der Waals surface area contributed by atoms with E-state index in [1.54, 1.807) is 30.4 Å². The highest BCUT2D eigenvalue weighted by Crippen LogP contribution is 2.29. The van der Waals surface area contributed by atoms with Crippen molar-refractivity contribution >= 4 is 34.0 Å². The molecule has 37 heavy (non-hydrogen) atoms. The predicted molar refractivity (Wildman–Crippen MR) is 151 cm³/mol. The number of hydrogen-bond acceptors (Lipinski definition) is 8. The average molecular weight is 537 g/mol. The van der Waals surface area contributed by atoms with Gasteiger partial charge in [-0.25, -0.2) is 14.3 Å². The molecule has 1 fully saturated rings. The fraction of sp³-hybridized carbons (Fsp3) is 0.393. The fourth-order valence-corrected chi connectivity index (χ4v) is 6.14. The monoisotopic (exact) mass is 536 g/mol. The van der Waals surface area contributed by atoms with Crippen molar-refractivity contribution in [2.24, 2.45) is 0 Å². The molecule has 4 aromatic rings. The molecule has 0 N–H and O–H groups in total. The fourth-order valence-electron chi connectivity index (χ4n) is 4.27. The Morgan fingerprint density at radius 2 is 1.73 bits per heavy atom. The number of rotatable bonds is 11. The lowest BCUT2D eigenvalue weighted by Crippen LogP contribution is -2.33. The number of unbranched alkanes of at least 4 members (excludes halogenated alkanes) is 2. The molecule has 0 aliphatic carbocycles. The second-order valence-electron chi connectivity index (χ2n) is 8.95. The third kappa shape index (κ3) is 6.71. The van der Waals surface area contributed by atoms with Gasteiger partial charge in [0.15, 0.2) is 0 Å². The number of carbonyl (C=O) groups is 1. The molecule has 5 rings (SSSR count). The molecular weight excluding hydrogens is 504 g/mol. The summed E-state index contributed by atoms with van der Waals surface area (Å²) >= 11 is 3.61. The minimum absolute atomic E-state index is 0.315. The van der Waals surface area contributed by atoms with Gasteiger partial charge in [0.2, 0.25) is 4.96 Å². The molecule has 0 bridgehead atoms. The van der Waals surface area contributed by atoms with E-state index >= 15 is 0 Å². The Morgan fingerprint density at radius 1 is 0.973 bits per heavy atom. The van der Waals surface area contributed by atoms with Gasteiger partial charge in [-0.1, -0.05) is 23.5 Å². The molecule has 0 saturated carbocycles. The number of thioether (sulfide) groups is 1. The Labute approximate surface area is 225 Å². The predicted octanol–water partition coefficient (Wildman–Crippen LogP) is 5.90. The van der Waals surface area contributed by atoms with E-state index in [0.717, 1.165) is 45.6 Å². The van der Waals surface area contributed by atoms with Crippen LogP contribution in [0.4, 0.5) is 0 Å². The first-order chi connectivity index (χ1) is 18.2. The number of carbonyl (C=O) groups excluding carboxylic acids is 1. The Morgan fingerprint density at radius 3 is 2.46 bits per heavy atom. The van der Waals surface area contributed by atoms with Gasteiger partial charge in [-0.3, -0.25) is 0 Å². The normalized spacial score (nSPS) is 14.2. The van der Waals surface area contributed by atoms with Crippen LogP contribution in [-0.4, -0.2) is 69.8 Å². The number of nitrogens with zero attached hydrogens (tertiary/aromatic N) is 4. The van der Waals surface area contributed by atoms with Crippen molar-refractivity contribution in [1.29, 1.82) is 0 Å². The van der Waals surface area contributed by atoms with Crippen molar-refractivity contribution in [3.05, 3.63) is 60.3 Å². The molecule has 0 amide bonds. The number of benzene rings is 2. The maximum absolute atomic E-state index is 11.9. The molecule has 7 nitrogen and oxygen atoms in total. The molecule has 3 heterocycles. The van der Waals surface area contributed by atoms with Gasteiger partial charge in [0.1, 0.15) is 10.8 Å². The number of esters is 1. The first-order valence-corrected chi connectivity index (χ1v) is 14.8. The van der Waals surface area contributed by atoms with Gasteiger partial charge in [-0.2, -0.15) is 16.9 Å². The summed E-state index contributed by atoms with van der Waals surface area (Å²) in [5, 5.41) is 5.63. The maximum Gasteiger partial charge on any atom is 0.338 e. The molecule has 194 valence electrons. The summed E-state index contributed by atoms with van der Waals surface area (Å²) in [6.07, 6.45) is 5.45. The molecule has 2 aromatic carbocycles. The van der Waals surface area contributed by atoms with E-state index in [0.29, 0.717) is 12.2 Å². The van der Waals surface area contributed by atoms with E-state index in [1.807, 2.05) is 35.0 Å². The number of aromatic nitrogens is 3. The summed E-state index contributed by atoms with van der Waals surface area (Å²) in [5.74, 6) is 3.14. The van der Waals surface area contributed by atoms with Crippen LogP contribution in [0.2, 0.25) is 0 Å². The average Bonchev–Trinajstić information content (AvgIpc) is 3.52. The SMILES string of the molecule is CCOC(=O)c1ccc(-c2cn3nc(-c4ccc(OCCCCCN5CCSCC5)cc4)sc3n2)cc1. The summed E-state index contributed by atoms with van der Waals surface area (Å²) in [6.45, 7) is 6.62.